The lowest BCUT2D eigenvalue weighted by molar-refractivity contribution is -0.200. The Morgan fingerprint density at radius 3 is 2.36 bits per heavy atom. The smallest absolute Gasteiger partial charge is 0.453 e. The third kappa shape index (κ3) is 6.29. The minimum Gasteiger partial charge on any atom is -0.453 e. The largest absolute Gasteiger partial charge is 0.523 e. The van der Waals surface area contributed by atoms with E-state index in [1.165, 1.54) is 22.6 Å². The van der Waals surface area contributed by atoms with Gasteiger partial charge in [-0.05, 0) is 42.3 Å². The van der Waals surface area contributed by atoms with Crippen molar-refractivity contribution in [2.45, 2.75) is 37.2 Å². The van der Waals surface area contributed by atoms with Crippen molar-refractivity contribution >= 4 is 21.9 Å². The van der Waals surface area contributed by atoms with Crippen LogP contribution in [0.5, 0.6) is 0 Å². The molecule has 0 N–H and O–H groups in total. The van der Waals surface area contributed by atoms with Crippen molar-refractivity contribution in [1.82, 2.24) is 14.3 Å². The zero-order valence-electron chi connectivity index (χ0n) is 21.6. The van der Waals surface area contributed by atoms with Crippen molar-refractivity contribution in [3.63, 3.8) is 0 Å². The summed E-state index contributed by atoms with van der Waals surface area (Å²) < 4.78 is 147. The van der Waals surface area contributed by atoms with E-state index in [2.05, 4.69) is 9.17 Å². The van der Waals surface area contributed by atoms with Gasteiger partial charge in [-0.15, -0.1) is 0 Å². The predicted octanol–water partition coefficient (Wildman–Crippen LogP) is 5.07. The van der Waals surface area contributed by atoms with Crippen molar-refractivity contribution < 1.29 is 62.0 Å². The molecule has 42 heavy (non-hydrogen) atoms. The van der Waals surface area contributed by atoms with E-state index < -0.39 is 62.9 Å². The Bertz CT molecular complexity index is 1580. The zero-order valence-corrected chi connectivity index (χ0v) is 22.4. The lowest BCUT2D eigenvalue weighted by Crippen LogP contribution is -2.46. The number of carbonyl (C=O) groups excluding carboxylic acids is 1. The first-order valence-electron chi connectivity index (χ1n) is 11.9. The molecule has 1 fully saturated rings. The number of pyridine rings is 1. The van der Waals surface area contributed by atoms with Gasteiger partial charge in [-0.1, -0.05) is 0 Å². The number of aryl methyl sites for hydroxylation is 1. The number of nitrogens with zero attached hydrogens (tertiary/aromatic N) is 3. The number of benzene rings is 1. The van der Waals surface area contributed by atoms with Crippen LogP contribution in [0.25, 0.3) is 16.9 Å². The number of rotatable bonds is 6. The molecule has 2 aromatic heterocycles. The molecule has 1 saturated heterocycles. The Hall–Kier alpha value is -3.51. The number of aromatic nitrogens is 2. The lowest BCUT2D eigenvalue weighted by atomic mass is 10.0. The fraction of sp³-hybridized carbons (Fsp3) is 0.417. The number of imidazole rings is 1. The molecule has 1 aromatic carbocycles. The molecule has 9 nitrogen and oxygen atoms in total. The van der Waals surface area contributed by atoms with E-state index in [9.17, 15) is 39.6 Å². The SMILES string of the molecule is COC(=O)N1CCO[C@@H](Cc2c(-c3c(F)cc(C(OS(=O)(=O)C(F)(F)F)C(F)(F)F)cc3F)nc3cc(C)ccn23)C1. The molecule has 1 aliphatic rings. The van der Waals surface area contributed by atoms with Gasteiger partial charge in [0.05, 0.1) is 43.3 Å². The van der Waals surface area contributed by atoms with Crippen LogP contribution in [0.1, 0.15) is 22.9 Å². The molecule has 0 aliphatic carbocycles. The second-order valence-corrected chi connectivity index (χ2v) is 10.8. The molecule has 1 unspecified atom stereocenters. The second kappa shape index (κ2) is 11.3. The maximum atomic E-state index is 15.4. The van der Waals surface area contributed by atoms with E-state index in [0.29, 0.717) is 5.56 Å². The third-order valence-electron chi connectivity index (χ3n) is 6.28. The van der Waals surface area contributed by atoms with Gasteiger partial charge in [0.25, 0.3) is 0 Å². The van der Waals surface area contributed by atoms with Crippen LogP contribution < -0.4 is 0 Å². The summed E-state index contributed by atoms with van der Waals surface area (Å²) in [5.74, 6) is -3.37. The fourth-order valence-corrected chi connectivity index (χ4v) is 4.98. The first-order chi connectivity index (χ1) is 19.4. The molecule has 3 heterocycles. The quantitative estimate of drug-likeness (QED) is 0.213. The van der Waals surface area contributed by atoms with Gasteiger partial charge in [0, 0.05) is 19.2 Å². The minimum atomic E-state index is -6.80. The summed E-state index contributed by atoms with van der Waals surface area (Å²) in [6, 6.07) is 3.25. The number of hydrogen-bond donors (Lipinski definition) is 0. The van der Waals surface area contributed by atoms with Crippen LogP contribution in [-0.4, -0.2) is 73.4 Å². The van der Waals surface area contributed by atoms with Gasteiger partial charge >= 0.3 is 27.9 Å². The lowest BCUT2D eigenvalue weighted by Gasteiger charge is -2.32. The van der Waals surface area contributed by atoms with Crippen LogP contribution in [0.15, 0.2) is 30.5 Å². The van der Waals surface area contributed by atoms with Crippen LogP contribution in [-0.2, 0) is 30.2 Å². The molecule has 1 amide bonds. The third-order valence-corrected chi connectivity index (χ3v) is 7.29. The first kappa shape index (κ1) is 31.4. The van der Waals surface area contributed by atoms with Gasteiger partial charge in [-0.2, -0.15) is 34.8 Å². The highest BCUT2D eigenvalue weighted by Gasteiger charge is 2.54. The number of carbonyl (C=O) groups is 1. The fourth-order valence-electron chi connectivity index (χ4n) is 4.40. The topological polar surface area (TPSA) is 99.4 Å². The molecule has 0 spiro atoms. The Kier molecular flexibility index (Phi) is 8.45. The van der Waals surface area contributed by atoms with Crippen LogP contribution in [0.2, 0.25) is 0 Å². The zero-order chi connectivity index (χ0) is 31.2. The van der Waals surface area contributed by atoms with Gasteiger partial charge in [0.1, 0.15) is 17.3 Å². The van der Waals surface area contributed by atoms with Crippen LogP contribution in [0.3, 0.4) is 0 Å². The summed E-state index contributed by atoms with van der Waals surface area (Å²) in [6.07, 6.45) is -9.61. The van der Waals surface area contributed by atoms with Crippen LogP contribution >= 0.6 is 0 Å². The molecule has 4 rings (SSSR count). The number of methoxy groups -OCH3 is 1. The van der Waals surface area contributed by atoms with Crippen molar-refractivity contribution in [3.05, 3.63) is 58.9 Å². The first-order valence-corrected chi connectivity index (χ1v) is 13.3. The average molecular weight is 631 g/mol. The van der Waals surface area contributed by atoms with E-state index in [4.69, 9.17) is 9.47 Å². The molecular weight excluding hydrogens is 610 g/mol. The summed E-state index contributed by atoms with van der Waals surface area (Å²) in [6.45, 7) is 2.03. The molecule has 0 saturated carbocycles. The Morgan fingerprint density at radius 2 is 1.79 bits per heavy atom. The Balaban J connectivity index is 1.80. The van der Waals surface area contributed by atoms with Gasteiger partial charge in [0.15, 0.2) is 6.10 Å². The standard InChI is InChI=1S/C24H21F8N3O6S/c1-12-3-4-35-17(10-14-11-34(5-6-40-14)22(36)39-2)20(33-18(35)7-12)19-15(25)8-13(9-16(19)26)21(23(27,28)29)41-42(37,38)24(30,31)32/h3-4,7-9,14,21H,5-6,10-11H2,1-2H3/t14-,21?/m0/s1. The summed E-state index contributed by atoms with van der Waals surface area (Å²) in [4.78, 5) is 17.6. The number of halogens is 8. The van der Waals surface area contributed by atoms with Crippen LogP contribution in [0.4, 0.5) is 39.9 Å². The molecule has 0 bridgehead atoms. The molecule has 0 radical (unpaired) electrons. The molecule has 18 heteroatoms. The molecule has 3 aromatic rings. The van der Waals surface area contributed by atoms with Crippen LogP contribution in [0, 0.1) is 18.6 Å². The number of amides is 1. The highest BCUT2D eigenvalue weighted by molar-refractivity contribution is 7.87. The molecule has 230 valence electrons. The monoisotopic (exact) mass is 631 g/mol. The summed E-state index contributed by atoms with van der Waals surface area (Å²) in [5, 5.41) is 0. The minimum absolute atomic E-state index is 0.0212. The number of hydrogen-bond acceptors (Lipinski definition) is 7. The maximum Gasteiger partial charge on any atom is 0.523 e. The highest BCUT2D eigenvalue weighted by atomic mass is 32.2. The van der Waals surface area contributed by atoms with E-state index >= 15 is 8.78 Å². The predicted molar refractivity (Wildman–Crippen MR) is 128 cm³/mol. The van der Waals surface area contributed by atoms with Gasteiger partial charge in [-0.3, -0.25) is 0 Å². The molecule has 2 atom stereocenters. The van der Waals surface area contributed by atoms with Gasteiger partial charge in [-0.25, -0.2) is 22.7 Å². The Labute approximate surface area is 232 Å². The normalized spacial score (nSPS) is 17.5. The highest BCUT2D eigenvalue weighted by Crippen LogP contribution is 2.42. The summed E-state index contributed by atoms with van der Waals surface area (Å²) in [7, 11) is -5.62. The molecular formula is C24H21F8N3O6S. The van der Waals surface area contributed by atoms with E-state index in [-0.39, 0.29) is 55.3 Å². The van der Waals surface area contributed by atoms with Crippen molar-refractivity contribution in [2.24, 2.45) is 0 Å². The van der Waals surface area contributed by atoms with Gasteiger partial charge in [0.2, 0.25) is 0 Å². The number of alkyl halides is 6. The number of ether oxygens (including phenoxy) is 2. The van der Waals surface area contributed by atoms with E-state index in [1.54, 1.807) is 19.1 Å². The van der Waals surface area contributed by atoms with E-state index in [0.717, 1.165) is 0 Å². The second-order valence-electron chi connectivity index (χ2n) is 9.23. The Morgan fingerprint density at radius 1 is 1.14 bits per heavy atom. The van der Waals surface area contributed by atoms with Crippen molar-refractivity contribution in [1.29, 1.82) is 0 Å². The average Bonchev–Trinajstić information content (AvgIpc) is 3.21. The van der Waals surface area contributed by atoms with Gasteiger partial charge < -0.3 is 18.8 Å². The summed E-state index contributed by atoms with van der Waals surface area (Å²) in [5.41, 5.74) is -8.08. The van der Waals surface area contributed by atoms with Crippen molar-refractivity contribution in [2.75, 3.05) is 26.8 Å². The summed E-state index contributed by atoms with van der Waals surface area (Å²) >= 11 is 0. The van der Waals surface area contributed by atoms with Crippen molar-refractivity contribution in [3.8, 4) is 11.3 Å². The maximum absolute atomic E-state index is 15.4. The van der Waals surface area contributed by atoms with E-state index in [1.807, 2.05) is 0 Å². The number of morpholine rings is 1. The number of fused-ring (bicyclic) bond motifs is 1. The molecule has 1 aliphatic heterocycles.